The van der Waals surface area contributed by atoms with Gasteiger partial charge in [0.25, 0.3) is 5.91 Å². The first kappa shape index (κ1) is 18.3. The minimum Gasteiger partial charge on any atom is -0.348 e. The highest BCUT2D eigenvalue weighted by Crippen LogP contribution is 2.37. The standard InChI is InChI=1S/C21H23FN4O2/c1-2-26-18-10-6-3-7-15(18)19(27)24-21(26)11-13-25(14-12-21)20(28)23-17-9-5-4-8-16(17)22/h3-10H,2,11-14H2,1H3,(H,23,28)(H,24,27). The fraction of sp³-hybridized carbons (Fsp3) is 0.333. The first-order valence-corrected chi connectivity index (χ1v) is 9.54. The second-order valence-electron chi connectivity index (χ2n) is 7.14. The molecular weight excluding hydrogens is 359 g/mol. The number of carbonyl (C=O) groups excluding carboxylic acids is 2. The van der Waals surface area contributed by atoms with E-state index in [0.717, 1.165) is 12.2 Å². The minimum absolute atomic E-state index is 0.0791. The van der Waals surface area contributed by atoms with Crippen LogP contribution in [0.1, 0.15) is 30.1 Å². The van der Waals surface area contributed by atoms with Gasteiger partial charge in [0.05, 0.1) is 16.9 Å². The Morgan fingerprint density at radius 1 is 1.14 bits per heavy atom. The number of benzene rings is 2. The summed E-state index contributed by atoms with van der Waals surface area (Å²) in [7, 11) is 0. The molecule has 3 amide bonds. The van der Waals surface area contributed by atoms with Crippen molar-refractivity contribution in [2.45, 2.75) is 25.4 Å². The number of piperidine rings is 1. The molecule has 0 unspecified atom stereocenters. The van der Waals surface area contributed by atoms with Crippen LogP contribution in [-0.2, 0) is 0 Å². The summed E-state index contributed by atoms with van der Waals surface area (Å²) >= 11 is 0. The third-order valence-electron chi connectivity index (χ3n) is 5.61. The van der Waals surface area contributed by atoms with Gasteiger partial charge in [0.15, 0.2) is 0 Å². The Morgan fingerprint density at radius 3 is 2.54 bits per heavy atom. The number of nitrogens with one attached hydrogen (secondary N) is 2. The Labute approximate surface area is 163 Å². The van der Waals surface area contributed by atoms with E-state index in [1.165, 1.54) is 12.1 Å². The summed E-state index contributed by atoms with van der Waals surface area (Å²) in [5, 5.41) is 5.81. The van der Waals surface area contributed by atoms with Crippen molar-refractivity contribution in [1.82, 2.24) is 10.2 Å². The van der Waals surface area contributed by atoms with Crippen LogP contribution in [0.25, 0.3) is 0 Å². The number of rotatable bonds is 2. The Kier molecular flexibility index (Phi) is 4.66. The van der Waals surface area contributed by atoms with Gasteiger partial charge >= 0.3 is 6.03 Å². The topological polar surface area (TPSA) is 64.7 Å². The van der Waals surface area contributed by atoms with Crippen LogP contribution >= 0.6 is 0 Å². The summed E-state index contributed by atoms with van der Waals surface area (Å²) in [6, 6.07) is 13.4. The summed E-state index contributed by atoms with van der Waals surface area (Å²) in [6.45, 7) is 3.75. The lowest BCUT2D eigenvalue weighted by Crippen LogP contribution is -2.68. The van der Waals surface area contributed by atoms with Crippen molar-refractivity contribution in [2.75, 3.05) is 29.9 Å². The van der Waals surface area contributed by atoms with Crippen molar-refractivity contribution < 1.29 is 14.0 Å². The number of amides is 3. The van der Waals surface area contributed by atoms with Crippen LogP contribution in [0, 0.1) is 5.82 Å². The molecule has 0 bridgehead atoms. The summed E-state index contributed by atoms with van der Waals surface area (Å²) in [5.74, 6) is -0.540. The molecule has 1 fully saturated rings. The molecule has 2 aromatic rings. The molecule has 2 aromatic carbocycles. The van der Waals surface area contributed by atoms with Crippen LogP contribution in [0.5, 0.6) is 0 Å². The second kappa shape index (κ2) is 7.14. The summed E-state index contributed by atoms with van der Waals surface area (Å²) in [5.41, 5.74) is 1.27. The Bertz CT molecular complexity index is 909. The van der Waals surface area contributed by atoms with E-state index in [1.807, 2.05) is 24.3 Å². The number of likely N-dealkylation sites (tertiary alicyclic amines) is 1. The van der Waals surface area contributed by atoms with Gasteiger partial charge in [0, 0.05) is 32.5 Å². The average Bonchev–Trinajstić information content (AvgIpc) is 2.70. The molecule has 0 aliphatic carbocycles. The number of fused-ring (bicyclic) bond motifs is 1. The Balaban J connectivity index is 1.49. The molecule has 2 heterocycles. The summed E-state index contributed by atoms with van der Waals surface area (Å²) in [6.07, 6.45) is 1.21. The molecule has 146 valence electrons. The maximum Gasteiger partial charge on any atom is 0.321 e. The molecule has 6 nitrogen and oxygen atoms in total. The molecule has 1 saturated heterocycles. The maximum atomic E-state index is 13.8. The average molecular weight is 382 g/mol. The molecule has 2 aliphatic heterocycles. The van der Waals surface area contributed by atoms with Crippen molar-refractivity contribution in [3.05, 3.63) is 59.9 Å². The predicted molar refractivity (Wildman–Crippen MR) is 106 cm³/mol. The van der Waals surface area contributed by atoms with Gasteiger partial charge in [0.2, 0.25) is 0 Å². The van der Waals surface area contributed by atoms with E-state index in [4.69, 9.17) is 0 Å². The van der Waals surface area contributed by atoms with Crippen LogP contribution in [0.15, 0.2) is 48.5 Å². The van der Waals surface area contributed by atoms with E-state index in [-0.39, 0.29) is 17.6 Å². The highest BCUT2D eigenvalue weighted by molar-refractivity contribution is 6.02. The quantitative estimate of drug-likeness (QED) is 0.837. The number of urea groups is 1. The predicted octanol–water partition coefficient (Wildman–Crippen LogP) is 3.42. The van der Waals surface area contributed by atoms with Crippen LogP contribution in [0.3, 0.4) is 0 Å². The number of hydrogen-bond donors (Lipinski definition) is 2. The van der Waals surface area contributed by atoms with E-state index in [9.17, 15) is 14.0 Å². The normalized spacial score (nSPS) is 17.9. The lowest BCUT2D eigenvalue weighted by molar-refractivity contribution is 0.0808. The molecule has 0 atom stereocenters. The maximum absolute atomic E-state index is 13.8. The molecule has 0 saturated carbocycles. The number of anilines is 2. The van der Waals surface area contributed by atoms with Crippen LogP contribution in [-0.4, -0.2) is 42.1 Å². The van der Waals surface area contributed by atoms with Crippen LogP contribution in [0.2, 0.25) is 0 Å². The number of halogens is 1. The first-order valence-electron chi connectivity index (χ1n) is 9.54. The van der Waals surface area contributed by atoms with E-state index in [1.54, 1.807) is 17.0 Å². The van der Waals surface area contributed by atoms with Crippen LogP contribution < -0.4 is 15.5 Å². The number of nitrogens with zero attached hydrogens (tertiary/aromatic N) is 2. The molecular formula is C21H23FN4O2. The molecule has 2 aliphatic rings. The van der Waals surface area contributed by atoms with E-state index in [0.29, 0.717) is 31.5 Å². The number of carbonyl (C=O) groups is 2. The fourth-order valence-electron chi connectivity index (χ4n) is 4.18. The summed E-state index contributed by atoms with van der Waals surface area (Å²) < 4.78 is 13.8. The van der Waals surface area contributed by atoms with Crippen molar-refractivity contribution in [1.29, 1.82) is 0 Å². The van der Waals surface area contributed by atoms with Crippen molar-refractivity contribution >= 4 is 23.3 Å². The SMILES string of the molecule is CCN1c2ccccc2C(=O)NC12CCN(C(=O)Nc1ccccc1F)CC2. The highest BCUT2D eigenvalue weighted by Gasteiger charge is 2.45. The molecule has 28 heavy (non-hydrogen) atoms. The lowest BCUT2D eigenvalue weighted by Gasteiger charge is -2.52. The zero-order valence-corrected chi connectivity index (χ0v) is 15.7. The van der Waals surface area contributed by atoms with Gasteiger partial charge in [-0.2, -0.15) is 0 Å². The van der Waals surface area contributed by atoms with Gasteiger partial charge in [0.1, 0.15) is 11.5 Å². The molecule has 0 radical (unpaired) electrons. The second-order valence-corrected chi connectivity index (χ2v) is 7.14. The van der Waals surface area contributed by atoms with Gasteiger partial charge < -0.3 is 20.4 Å². The first-order chi connectivity index (χ1) is 13.5. The van der Waals surface area contributed by atoms with Gasteiger partial charge in [-0.15, -0.1) is 0 Å². The summed E-state index contributed by atoms with van der Waals surface area (Å²) in [4.78, 5) is 29.1. The molecule has 1 spiro atoms. The Morgan fingerprint density at radius 2 is 1.82 bits per heavy atom. The van der Waals surface area contributed by atoms with Crippen molar-refractivity contribution in [3.63, 3.8) is 0 Å². The Hall–Kier alpha value is -3.09. The molecule has 4 rings (SSSR count). The van der Waals surface area contributed by atoms with Gasteiger partial charge in [-0.3, -0.25) is 4.79 Å². The fourth-order valence-corrected chi connectivity index (χ4v) is 4.18. The van der Waals surface area contributed by atoms with E-state index >= 15 is 0 Å². The highest BCUT2D eigenvalue weighted by atomic mass is 19.1. The zero-order valence-electron chi connectivity index (χ0n) is 15.7. The van der Waals surface area contributed by atoms with Gasteiger partial charge in [-0.25, -0.2) is 9.18 Å². The third-order valence-corrected chi connectivity index (χ3v) is 5.61. The van der Waals surface area contributed by atoms with E-state index in [2.05, 4.69) is 22.5 Å². The van der Waals surface area contributed by atoms with E-state index < -0.39 is 11.5 Å². The lowest BCUT2D eigenvalue weighted by atomic mass is 9.90. The number of hydrogen-bond acceptors (Lipinski definition) is 3. The smallest absolute Gasteiger partial charge is 0.321 e. The largest absolute Gasteiger partial charge is 0.348 e. The minimum atomic E-state index is -0.505. The third kappa shape index (κ3) is 3.06. The van der Waals surface area contributed by atoms with Crippen molar-refractivity contribution in [2.24, 2.45) is 0 Å². The van der Waals surface area contributed by atoms with Crippen LogP contribution in [0.4, 0.5) is 20.6 Å². The number of para-hydroxylation sites is 2. The van der Waals surface area contributed by atoms with Gasteiger partial charge in [-0.05, 0) is 31.2 Å². The monoisotopic (exact) mass is 382 g/mol. The molecule has 2 N–H and O–H groups in total. The molecule has 0 aromatic heterocycles. The van der Waals surface area contributed by atoms with Crippen molar-refractivity contribution in [3.8, 4) is 0 Å². The zero-order chi connectivity index (χ0) is 19.7. The molecule has 7 heteroatoms. The van der Waals surface area contributed by atoms with Gasteiger partial charge in [-0.1, -0.05) is 24.3 Å².